The van der Waals surface area contributed by atoms with E-state index < -0.39 is 15.5 Å². The number of hydrogen-bond donors (Lipinski definition) is 0. The van der Waals surface area contributed by atoms with Crippen LogP contribution in [0.5, 0.6) is 0 Å². The second-order valence-electron chi connectivity index (χ2n) is 9.86. The number of amides is 1. The molecule has 3 heterocycles. The van der Waals surface area contributed by atoms with E-state index in [9.17, 15) is 18.0 Å². The number of aromatic nitrogens is 1. The van der Waals surface area contributed by atoms with E-state index in [2.05, 4.69) is 17.0 Å². The molecule has 0 aliphatic carbocycles. The maximum atomic E-state index is 13.6. The van der Waals surface area contributed by atoms with Crippen LogP contribution in [0.3, 0.4) is 0 Å². The molecule has 0 atom stereocenters. The summed E-state index contributed by atoms with van der Waals surface area (Å²) in [6.07, 6.45) is 4.33. The van der Waals surface area contributed by atoms with Gasteiger partial charge in [0.15, 0.2) is 0 Å². The van der Waals surface area contributed by atoms with Crippen LogP contribution in [0.2, 0.25) is 0 Å². The average molecular weight is 523 g/mol. The van der Waals surface area contributed by atoms with Crippen molar-refractivity contribution in [1.82, 2.24) is 18.7 Å². The lowest BCUT2D eigenvalue weighted by molar-refractivity contribution is 0.0626. The van der Waals surface area contributed by atoms with Gasteiger partial charge in [-0.15, -0.1) is 0 Å². The van der Waals surface area contributed by atoms with Crippen LogP contribution in [0.4, 0.5) is 0 Å². The molecule has 0 bridgehead atoms. The molecule has 0 unspecified atom stereocenters. The SMILES string of the molecule is CCn1cc(C(=O)N2CCN(Cc3ccccc3)CC2)c(=O)c2cc(S(=O)(=O)N3CCCCC3)ccc21. The Hall–Kier alpha value is -3.01. The average Bonchev–Trinajstić information content (AvgIpc) is 2.94. The zero-order chi connectivity index (χ0) is 26.0. The second-order valence-corrected chi connectivity index (χ2v) is 11.8. The van der Waals surface area contributed by atoms with E-state index in [1.165, 1.54) is 15.9 Å². The number of nitrogens with zero attached hydrogens (tertiary/aromatic N) is 4. The highest BCUT2D eigenvalue weighted by Gasteiger charge is 2.28. The number of aryl methyl sites for hydroxylation is 1. The smallest absolute Gasteiger partial charge is 0.259 e. The fraction of sp³-hybridized carbons (Fsp3) is 0.429. The monoisotopic (exact) mass is 522 g/mol. The van der Waals surface area contributed by atoms with Crippen LogP contribution in [-0.4, -0.2) is 72.3 Å². The Morgan fingerprint density at radius 1 is 0.892 bits per heavy atom. The summed E-state index contributed by atoms with van der Waals surface area (Å²) in [5.41, 5.74) is 1.55. The molecule has 0 saturated carbocycles. The lowest BCUT2D eigenvalue weighted by Crippen LogP contribution is -2.49. The molecular weight excluding hydrogens is 488 g/mol. The molecule has 1 amide bonds. The highest BCUT2D eigenvalue weighted by atomic mass is 32.2. The standard InChI is InChI=1S/C28H34N4O4S/c1-2-30-21-25(28(34)31-17-15-29(16-18-31)20-22-9-5-3-6-10-22)27(33)24-19-23(11-12-26(24)30)37(35,36)32-13-7-4-8-14-32/h3,5-6,9-12,19,21H,2,4,7-8,13-18,20H2,1H3. The summed E-state index contributed by atoms with van der Waals surface area (Å²) in [4.78, 5) is 31.2. The lowest BCUT2D eigenvalue weighted by Gasteiger charge is -2.34. The molecule has 0 radical (unpaired) electrons. The van der Waals surface area contributed by atoms with E-state index in [1.807, 2.05) is 29.7 Å². The molecule has 2 saturated heterocycles. The van der Waals surface area contributed by atoms with E-state index in [-0.39, 0.29) is 21.8 Å². The highest BCUT2D eigenvalue weighted by molar-refractivity contribution is 7.89. The molecule has 8 nitrogen and oxygen atoms in total. The zero-order valence-corrected chi connectivity index (χ0v) is 22.1. The van der Waals surface area contributed by atoms with Crippen LogP contribution < -0.4 is 5.43 Å². The van der Waals surface area contributed by atoms with Gasteiger partial charge in [0.2, 0.25) is 15.5 Å². The molecule has 37 heavy (non-hydrogen) atoms. The molecule has 5 rings (SSSR count). The summed E-state index contributed by atoms with van der Waals surface area (Å²) < 4.78 is 29.9. The molecular formula is C28H34N4O4S. The van der Waals surface area contributed by atoms with Gasteiger partial charge in [-0.2, -0.15) is 4.31 Å². The summed E-state index contributed by atoms with van der Waals surface area (Å²) in [5.74, 6) is -0.294. The topological polar surface area (TPSA) is 82.9 Å². The van der Waals surface area contributed by atoms with Crippen molar-refractivity contribution in [2.75, 3.05) is 39.3 Å². The van der Waals surface area contributed by atoms with Crippen molar-refractivity contribution < 1.29 is 13.2 Å². The van der Waals surface area contributed by atoms with Crippen molar-refractivity contribution in [3.05, 3.63) is 76.1 Å². The van der Waals surface area contributed by atoms with Crippen LogP contribution in [0.15, 0.2) is 64.4 Å². The van der Waals surface area contributed by atoms with Crippen LogP contribution in [0.25, 0.3) is 10.9 Å². The lowest BCUT2D eigenvalue weighted by atomic mass is 10.1. The molecule has 1 aromatic heterocycles. The quantitative estimate of drug-likeness (QED) is 0.497. The molecule has 9 heteroatoms. The van der Waals surface area contributed by atoms with Crippen molar-refractivity contribution in [1.29, 1.82) is 0 Å². The normalized spacial score (nSPS) is 17.8. The first-order valence-corrected chi connectivity index (χ1v) is 14.6. The number of piperidine rings is 1. The molecule has 2 aromatic carbocycles. The Balaban J connectivity index is 1.41. The van der Waals surface area contributed by atoms with Gasteiger partial charge in [-0.1, -0.05) is 36.8 Å². The largest absolute Gasteiger partial charge is 0.347 e. The van der Waals surface area contributed by atoms with Gasteiger partial charge in [-0.05, 0) is 43.5 Å². The number of carbonyl (C=O) groups excluding carboxylic acids is 1. The minimum absolute atomic E-state index is 0.0957. The third-order valence-corrected chi connectivity index (χ3v) is 9.38. The third-order valence-electron chi connectivity index (χ3n) is 7.48. The van der Waals surface area contributed by atoms with Crippen LogP contribution in [-0.2, 0) is 23.1 Å². The summed E-state index contributed by atoms with van der Waals surface area (Å²) in [6, 6.07) is 15.0. The van der Waals surface area contributed by atoms with E-state index in [1.54, 1.807) is 23.2 Å². The second kappa shape index (κ2) is 10.8. The van der Waals surface area contributed by atoms with Gasteiger partial charge in [0.25, 0.3) is 5.91 Å². The van der Waals surface area contributed by atoms with Crippen LogP contribution in [0, 0.1) is 0 Å². The summed E-state index contributed by atoms with van der Waals surface area (Å²) in [6.45, 7) is 6.86. The molecule has 196 valence electrons. The van der Waals surface area contributed by atoms with Crippen molar-refractivity contribution in [2.45, 2.75) is 44.2 Å². The van der Waals surface area contributed by atoms with Gasteiger partial charge >= 0.3 is 0 Å². The number of sulfonamides is 1. The van der Waals surface area contributed by atoms with Crippen LogP contribution in [0.1, 0.15) is 42.1 Å². The molecule has 2 aliphatic rings. The molecule has 3 aromatic rings. The number of fused-ring (bicyclic) bond motifs is 1. The van der Waals surface area contributed by atoms with Gasteiger partial charge in [0.1, 0.15) is 5.56 Å². The number of piperazine rings is 1. The zero-order valence-electron chi connectivity index (χ0n) is 21.3. The van der Waals surface area contributed by atoms with Gasteiger partial charge < -0.3 is 9.47 Å². The number of carbonyl (C=O) groups is 1. The first-order valence-electron chi connectivity index (χ1n) is 13.1. The Bertz CT molecular complexity index is 1440. The van der Waals surface area contributed by atoms with Crippen molar-refractivity contribution in [3.8, 4) is 0 Å². The predicted octanol–water partition coefficient (Wildman–Crippen LogP) is 3.15. The van der Waals surface area contributed by atoms with Gasteiger partial charge in [-0.25, -0.2) is 8.42 Å². The van der Waals surface area contributed by atoms with E-state index >= 15 is 0 Å². The maximum absolute atomic E-state index is 13.6. The minimum atomic E-state index is -3.69. The first kappa shape index (κ1) is 25.6. The van der Waals surface area contributed by atoms with E-state index in [4.69, 9.17) is 0 Å². The maximum Gasteiger partial charge on any atom is 0.259 e. The third kappa shape index (κ3) is 5.21. The molecule has 2 aliphatic heterocycles. The minimum Gasteiger partial charge on any atom is -0.347 e. The Labute approximate surface area is 218 Å². The van der Waals surface area contributed by atoms with E-state index in [0.29, 0.717) is 38.2 Å². The van der Waals surface area contributed by atoms with Crippen LogP contribution >= 0.6 is 0 Å². The Kier molecular flexibility index (Phi) is 7.46. The summed E-state index contributed by atoms with van der Waals surface area (Å²) in [7, 11) is -3.69. The number of rotatable bonds is 6. The number of hydrogen-bond acceptors (Lipinski definition) is 5. The molecule has 0 N–H and O–H groups in total. The van der Waals surface area contributed by atoms with Gasteiger partial charge in [0, 0.05) is 63.9 Å². The first-order chi connectivity index (χ1) is 17.9. The fourth-order valence-electron chi connectivity index (χ4n) is 5.33. The van der Waals surface area contributed by atoms with Gasteiger partial charge in [0.05, 0.1) is 10.4 Å². The van der Waals surface area contributed by atoms with Crippen molar-refractivity contribution in [2.24, 2.45) is 0 Å². The molecule has 0 spiro atoms. The fourth-order valence-corrected chi connectivity index (χ4v) is 6.87. The number of pyridine rings is 1. The number of benzene rings is 2. The summed E-state index contributed by atoms with van der Waals surface area (Å²) in [5, 5.41) is 0.272. The van der Waals surface area contributed by atoms with Crippen molar-refractivity contribution in [3.63, 3.8) is 0 Å². The van der Waals surface area contributed by atoms with Gasteiger partial charge in [-0.3, -0.25) is 14.5 Å². The summed E-state index contributed by atoms with van der Waals surface area (Å²) >= 11 is 0. The Morgan fingerprint density at radius 3 is 2.27 bits per heavy atom. The van der Waals surface area contributed by atoms with E-state index in [0.717, 1.165) is 38.9 Å². The van der Waals surface area contributed by atoms with Crippen molar-refractivity contribution >= 4 is 26.8 Å². The highest BCUT2D eigenvalue weighted by Crippen LogP contribution is 2.24. The molecule has 2 fully saturated rings. The Morgan fingerprint density at radius 2 is 1.59 bits per heavy atom. The predicted molar refractivity (Wildman–Crippen MR) is 144 cm³/mol.